The maximum Gasteiger partial charge on any atom is 0.223 e. The van der Waals surface area contributed by atoms with Crippen LogP contribution in [0.5, 0.6) is 0 Å². The van der Waals surface area contributed by atoms with Crippen molar-refractivity contribution < 1.29 is 4.74 Å². The molecule has 1 aromatic heterocycles. The number of nitrogens with zero attached hydrogens (tertiary/aromatic N) is 3. The first-order valence-corrected chi connectivity index (χ1v) is 7.48. The molecule has 20 heavy (non-hydrogen) atoms. The molecule has 112 valence electrons. The normalized spacial score (nSPS) is 16.4. The summed E-state index contributed by atoms with van der Waals surface area (Å²) in [5, 5.41) is 3.26. The second-order valence-electron chi connectivity index (χ2n) is 5.04. The summed E-state index contributed by atoms with van der Waals surface area (Å²) < 4.78 is 5.67. The first kappa shape index (κ1) is 14.8. The summed E-state index contributed by atoms with van der Waals surface area (Å²) in [6.45, 7) is 7.75. The fourth-order valence-corrected chi connectivity index (χ4v) is 2.45. The number of rotatable bonds is 6. The average Bonchev–Trinajstić information content (AvgIpc) is 2.46. The molecule has 0 aliphatic carbocycles. The second-order valence-corrected chi connectivity index (χ2v) is 5.04. The van der Waals surface area contributed by atoms with E-state index in [0.717, 1.165) is 57.1 Å². The SMILES string of the molecule is CCCNc1cc(N2CCC(OCC)CC2)nc(N)n1. The van der Waals surface area contributed by atoms with Gasteiger partial charge in [0, 0.05) is 32.3 Å². The summed E-state index contributed by atoms with van der Waals surface area (Å²) in [6.07, 6.45) is 3.51. The van der Waals surface area contributed by atoms with E-state index < -0.39 is 0 Å². The number of nitrogen functional groups attached to an aromatic ring is 1. The van der Waals surface area contributed by atoms with Gasteiger partial charge in [-0.3, -0.25) is 0 Å². The number of nitrogens with one attached hydrogen (secondary N) is 1. The molecule has 0 radical (unpaired) electrons. The van der Waals surface area contributed by atoms with E-state index in [1.54, 1.807) is 0 Å². The molecule has 6 heteroatoms. The lowest BCUT2D eigenvalue weighted by Crippen LogP contribution is -2.37. The minimum absolute atomic E-state index is 0.327. The van der Waals surface area contributed by atoms with E-state index in [0.29, 0.717) is 12.1 Å². The number of anilines is 3. The third kappa shape index (κ3) is 3.96. The molecule has 0 bridgehead atoms. The van der Waals surface area contributed by atoms with Crippen LogP contribution in [-0.2, 0) is 4.74 Å². The van der Waals surface area contributed by atoms with Crippen LogP contribution in [0.15, 0.2) is 6.07 Å². The van der Waals surface area contributed by atoms with Crippen molar-refractivity contribution in [2.45, 2.75) is 39.2 Å². The summed E-state index contributed by atoms with van der Waals surface area (Å²) in [6, 6.07) is 1.98. The molecule has 0 spiro atoms. The zero-order valence-corrected chi connectivity index (χ0v) is 12.4. The summed E-state index contributed by atoms with van der Waals surface area (Å²) in [5.41, 5.74) is 5.80. The Balaban J connectivity index is 2.00. The van der Waals surface area contributed by atoms with Crippen molar-refractivity contribution in [2.75, 3.05) is 42.2 Å². The molecule has 1 fully saturated rings. The van der Waals surface area contributed by atoms with Crippen molar-refractivity contribution in [2.24, 2.45) is 0 Å². The van der Waals surface area contributed by atoms with Gasteiger partial charge in [0.2, 0.25) is 5.95 Å². The molecule has 1 aliphatic rings. The minimum Gasteiger partial charge on any atom is -0.378 e. The smallest absolute Gasteiger partial charge is 0.223 e. The molecule has 1 aromatic rings. The van der Waals surface area contributed by atoms with Crippen molar-refractivity contribution in [3.05, 3.63) is 6.07 Å². The zero-order valence-electron chi connectivity index (χ0n) is 12.4. The maximum absolute atomic E-state index is 5.80. The maximum atomic E-state index is 5.80. The van der Waals surface area contributed by atoms with Crippen LogP contribution in [0.1, 0.15) is 33.1 Å². The van der Waals surface area contributed by atoms with E-state index in [9.17, 15) is 0 Å². The van der Waals surface area contributed by atoms with Crippen molar-refractivity contribution >= 4 is 17.6 Å². The molecule has 2 heterocycles. The highest BCUT2D eigenvalue weighted by Crippen LogP contribution is 2.22. The van der Waals surface area contributed by atoms with Crippen LogP contribution in [0.3, 0.4) is 0 Å². The fourth-order valence-electron chi connectivity index (χ4n) is 2.45. The number of nitrogens with two attached hydrogens (primary N) is 1. The zero-order chi connectivity index (χ0) is 14.4. The Bertz CT molecular complexity index is 418. The molecule has 1 saturated heterocycles. The van der Waals surface area contributed by atoms with Gasteiger partial charge in [0.1, 0.15) is 11.6 Å². The molecule has 0 saturated carbocycles. The summed E-state index contributed by atoms with van der Waals surface area (Å²) >= 11 is 0. The topological polar surface area (TPSA) is 76.3 Å². The lowest BCUT2D eigenvalue weighted by molar-refractivity contribution is 0.0458. The van der Waals surface area contributed by atoms with Crippen LogP contribution in [0.4, 0.5) is 17.6 Å². The van der Waals surface area contributed by atoms with E-state index in [-0.39, 0.29) is 0 Å². The van der Waals surface area contributed by atoms with E-state index >= 15 is 0 Å². The van der Waals surface area contributed by atoms with Gasteiger partial charge in [-0.05, 0) is 26.2 Å². The molecule has 0 aromatic carbocycles. The van der Waals surface area contributed by atoms with Gasteiger partial charge in [0.15, 0.2) is 0 Å². The molecule has 3 N–H and O–H groups in total. The molecule has 1 aliphatic heterocycles. The van der Waals surface area contributed by atoms with Crippen molar-refractivity contribution in [1.29, 1.82) is 0 Å². The average molecular weight is 279 g/mol. The highest BCUT2D eigenvalue weighted by atomic mass is 16.5. The van der Waals surface area contributed by atoms with Gasteiger partial charge < -0.3 is 20.7 Å². The molecule has 0 unspecified atom stereocenters. The number of ether oxygens (including phenoxy) is 1. The fraction of sp³-hybridized carbons (Fsp3) is 0.714. The Morgan fingerprint density at radius 2 is 2.10 bits per heavy atom. The summed E-state index contributed by atoms with van der Waals surface area (Å²) in [7, 11) is 0. The number of hydrogen-bond donors (Lipinski definition) is 2. The second kappa shape index (κ2) is 7.28. The van der Waals surface area contributed by atoms with E-state index in [2.05, 4.69) is 27.1 Å². The van der Waals surface area contributed by atoms with Crippen molar-refractivity contribution in [3.8, 4) is 0 Å². The van der Waals surface area contributed by atoms with Gasteiger partial charge in [-0.15, -0.1) is 0 Å². The van der Waals surface area contributed by atoms with E-state index in [4.69, 9.17) is 10.5 Å². The first-order valence-electron chi connectivity index (χ1n) is 7.48. The van der Waals surface area contributed by atoms with E-state index in [1.165, 1.54) is 0 Å². The largest absolute Gasteiger partial charge is 0.378 e. The van der Waals surface area contributed by atoms with Crippen molar-refractivity contribution in [1.82, 2.24) is 9.97 Å². The number of aromatic nitrogens is 2. The Labute approximate surface area is 120 Å². The Kier molecular flexibility index (Phi) is 5.40. The monoisotopic (exact) mass is 279 g/mol. The standard InChI is InChI=1S/C14H25N5O/c1-3-7-16-12-10-13(18-14(15)17-12)19-8-5-11(6-9-19)20-4-2/h10-11H,3-9H2,1-2H3,(H3,15,16,17,18). The van der Waals surface area contributed by atoms with Crippen LogP contribution in [0.2, 0.25) is 0 Å². The summed E-state index contributed by atoms with van der Waals surface area (Å²) in [4.78, 5) is 10.8. The first-order chi connectivity index (χ1) is 9.72. The van der Waals surface area contributed by atoms with Gasteiger partial charge in [-0.2, -0.15) is 9.97 Å². The third-order valence-corrected chi connectivity index (χ3v) is 3.45. The number of hydrogen-bond acceptors (Lipinski definition) is 6. The van der Waals surface area contributed by atoms with Crippen LogP contribution in [0, 0.1) is 0 Å². The minimum atomic E-state index is 0.327. The van der Waals surface area contributed by atoms with Crippen molar-refractivity contribution in [3.63, 3.8) is 0 Å². The quantitative estimate of drug-likeness (QED) is 0.828. The molecular formula is C14H25N5O. The predicted octanol–water partition coefficient (Wildman–Crippen LogP) is 1.89. The number of piperidine rings is 1. The lowest BCUT2D eigenvalue weighted by Gasteiger charge is -2.32. The van der Waals surface area contributed by atoms with Gasteiger partial charge in [0.25, 0.3) is 0 Å². The third-order valence-electron chi connectivity index (χ3n) is 3.45. The van der Waals surface area contributed by atoms with Gasteiger partial charge in [-0.25, -0.2) is 0 Å². The molecular weight excluding hydrogens is 254 g/mol. The van der Waals surface area contributed by atoms with Crippen LogP contribution < -0.4 is 16.0 Å². The Morgan fingerprint density at radius 1 is 1.35 bits per heavy atom. The predicted molar refractivity (Wildman–Crippen MR) is 82.1 cm³/mol. The summed E-state index contributed by atoms with van der Waals surface area (Å²) in [5.74, 6) is 2.04. The molecule has 0 atom stereocenters. The highest BCUT2D eigenvalue weighted by molar-refractivity contribution is 5.52. The van der Waals surface area contributed by atoms with Gasteiger partial charge >= 0.3 is 0 Å². The Morgan fingerprint density at radius 3 is 2.75 bits per heavy atom. The van der Waals surface area contributed by atoms with Gasteiger partial charge in [0.05, 0.1) is 6.10 Å². The molecule has 0 amide bonds. The van der Waals surface area contributed by atoms with Crippen LogP contribution in [0.25, 0.3) is 0 Å². The molecule has 2 rings (SSSR count). The van der Waals surface area contributed by atoms with E-state index in [1.807, 2.05) is 13.0 Å². The lowest BCUT2D eigenvalue weighted by atomic mass is 10.1. The van der Waals surface area contributed by atoms with Crippen LogP contribution >= 0.6 is 0 Å². The van der Waals surface area contributed by atoms with Crippen LogP contribution in [-0.4, -0.2) is 42.3 Å². The highest BCUT2D eigenvalue weighted by Gasteiger charge is 2.21. The Hall–Kier alpha value is -1.56. The molecule has 6 nitrogen and oxygen atoms in total. The van der Waals surface area contributed by atoms with Gasteiger partial charge in [-0.1, -0.05) is 6.92 Å².